The van der Waals surface area contributed by atoms with Gasteiger partial charge < -0.3 is 34.6 Å². The van der Waals surface area contributed by atoms with Crippen molar-refractivity contribution in [2.75, 3.05) is 0 Å². The lowest BCUT2D eigenvalue weighted by Crippen LogP contribution is -2.69. The molecule has 0 aliphatic heterocycles. The fraction of sp³-hybridized carbons (Fsp3) is 0.935. The molecule has 10 heteroatoms. The van der Waals surface area contributed by atoms with Crippen molar-refractivity contribution in [1.82, 2.24) is 0 Å². The summed E-state index contributed by atoms with van der Waals surface area (Å²) in [5, 5.41) is 50.0. The van der Waals surface area contributed by atoms with Gasteiger partial charge in [0.25, 0.3) is 0 Å². The van der Waals surface area contributed by atoms with E-state index in [2.05, 4.69) is 13.8 Å². The van der Waals surface area contributed by atoms with Gasteiger partial charge in [-0.1, -0.05) is 48.5 Å². The van der Waals surface area contributed by atoms with Crippen molar-refractivity contribution in [3.63, 3.8) is 0 Å². The zero-order valence-electron chi connectivity index (χ0n) is 36.3. The fourth-order valence-corrected chi connectivity index (χ4v) is 14.4. The Morgan fingerprint density at radius 3 is 1.57 bits per heavy atom. The zero-order chi connectivity index (χ0) is 41.4. The minimum Gasteiger partial charge on any atom is -0.462 e. The van der Waals surface area contributed by atoms with Gasteiger partial charge in [0.05, 0.1) is 39.7 Å². The van der Waals surface area contributed by atoms with Gasteiger partial charge in [0.1, 0.15) is 18.3 Å². The first-order valence-corrected chi connectivity index (χ1v) is 22.3. The van der Waals surface area contributed by atoms with E-state index in [4.69, 9.17) is 14.2 Å². The third kappa shape index (κ3) is 8.34. The van der Waals surface area contributed by atoms with E-state index in [0.717, 1.165) is 6.42 Å². The second kappa shape index (κ2) is 15.1. The molecular weight excluding hydrogens is 712 g/mol. The number of hydrogen-bond acceptors (Lipinski definition) is 10. The highest BCUT2D eigenvalue weighted by atomic mass is 16.6. The van der Waals surface area contributed by atoms with Crippen LogP contribution in [0.2, 0.25) is 0 Å². The van der Waals surface area contributed by atoms with Crippen LogP contribution in [0.5, 0.6) is 0 Å². The van der Waals surface area contributed by atoms with Crippen LogP contribution in [0.4, 0.5) is 0 Å². The maximum Gasteiger partial charge on any atom is 0.311 e. The maximum atomic E-state index is 13.4. The van der Waals surface area contributed by atoms with Crippen LogP contribution in [-0.2, 0) is 28.6 Å². The molecule has 0 radical (unpaired) electrons. The minimum atomic E-state index is -1.31. The number of ether oxygens (including phenoxy) is 3. The summed E-state index contributed by atoms with van der Waals surface area (Å²) in [5.74, 6) is -1.67. The van der Waals surface area contributed by atoms with Crippen LogP contribution >= 0.6 is 0 Å². The van der Waals surface area contributed by atoms with Crippen LogP contribution in [0.1, 0.15) is 172 Å². The van der Waals surface area contributed by atoms with Gasteiger partial charge in [0.15, 0.2) is 0 Å². The molecule has 0 aromatic rings. The Balaban J connectivity index is 1.30. The lowest BCUT2D eigenvalue weighted by atomic mass is 9.39. The predicted octanol–water partition coefficient (Wildman–Crippen LogP) is 7.44. The predicted molar refractivity (Wildman–Crippen MR) is 212 cm³/mol. The van der Waals surface area contributed by atoms with Crippen molar-refractivity contribution in [2.45, 2.75) is 213 Å². The standard InChI is InChI=1S/C46H76O10/c1-11-27(4)37(47)54-33-15-30-19-42(9,36-31-16-34(55-38(48)28(5)12-2)23-46(36,53)26-43(10,50)20-31)25-45(52,22-33)35(30)41(8)17-29-14-32(21-44(51,18-29)24-41)56-39(49)40(6,7)13-3/h27-36,50-53H,11-26H2,1-10H3/t27?,28?,29?,30?,31?,32?,33?,34?,35?,36?,41?,42-,43?,44?,45?,46?/m0/s1. The summed E-state index contributed by atoms with van der Waals surface area (Å²) in [5.41, 5.74) is -6.21. The SMILES string of the molecule is CCC(C)C(=O)OC1CC2C[C@](C)(C3C4CC(OC(=O)C(C)CC)CC3(O)CC(C)(O)C4)CC(O)(C1)C2C1(C)CC2CC(OC(=O)C(C)(C)CC)CC(O)(C2)C1. The number of fused-ring (bicyclic) bond motifs is 6. The summed E-state index contributed by atoms with van der Waals surface area (Å²) in [6, 6.07) is 0. The molecule has 6 fully saturated rings. The first-order chi connectivity index (χ1) is 25.8. The Bertz CT molecular complexity index is 1490. The number of hydrogen-bond donors (Lipinski definition) is 4. The molecule has 4 N–H and O–H groups in total. The van der Waals surface area contributed by atoms with Crippen LogP contribution < -0.4 is 0 Å². The second-order valence-electron chi connectivity index (χ2n) is 22.2. The van der Waals surface area contributed by atoms with E-state index < -0.39 is 50.9 Å². The van der Waals surface area contributed by atoms with Gasteiger partial charge in [0.2, 0.25) is 0 Å². The van der Waals surface area contributed by atoms with E-state index in [9.17, 15) is 34.8 Å². The number of carbonyl (C=O) groups excluding carboxylic acids is 3. The fourth-order valence-electron chi connectivity index (χ4n) is 14.4. The van der Waals surface area contributed by atoms with Gasteiger partial charge in [-0.2, -0.15) is 0 Å². The molecule has 0 heterocycles. The molecule has 56 heavy (non-hydrogen) atoms. The number of carbonyl (C=O) groups is 3. The molecule has 6 aliphatic rings. The summed E-state index contributed by atoms with van der Waals surface area (Å²) < 4.78 is 18.3. The first-order valence-electron chi connectivity index (χ1n) is 22.3. The van der Waals surface area contributed by atoms with Crippen molar-refractivity contribution in [3.8, 4) is 0 Å². The third-order valence-electron chi connectivity index (χ3n) is 16.4. The van der Waals surface area contributed by atoms with Gasteiger partial charge in [-0.15, -0.1) is 0 Å². The molecule has 6 saturated carbocycles. The molecule has 10 nitrogen and oxygen atoms in total. The normalized spacial score (nSPS) is 47.2. The molecule has 320 valence electrons. The quantitative estimate of drug-likeness (QED) is 0.122. The Morgan fingerprint density at radius 2 is 1.11 bits per heavy atom. The van der Waals surface area contributed by atoms with Crippen LogP contribution in [0.3, 0.4) is 0 Å². The van der Waals surface area contributed by atoms with E-state index >= 15 is 0 Å². The summed E-state index contributed by atoms with van der Waals surface area (Å²) in [6.07, 6.45) is 7.21. The maximum absolute atomic E-state index is 13.4. The molecule has 6 rings (SSSR count). The van der Waals surface area contributed by atoms with Crippen molar-refractivity contribution >= 4 is 17.9 Å². The molecular formula is C46H76O10. The monoisotopic (exact) mass is 789 g/mol. The van der Waals surface area contributed by atoms with Crippen LogP contribution in [0, 0.1) is 57.7 Å². The number of rotatable bonds is 11. The molecule has 16 atom stereocenters. The molecule has 0 amide bonds. The molecule has 0 spiro atoms. The smallest absolute Gasteiger partial charge is 0.311 e. The largest absolute Gasteiger partial charge is 0.462 e. The van der Waals surface area contributed by atoms with Crippen LogP contribution in [-0.4, -0.2) is 79.1 Å². The van der Waals surface area contributed by atoms with Gasteiger partial charge >= 0.3 is 17.9 Å². The lowest BCUT2D eigenvalue weighted by molar-refractivity contribution is -0.275. The van der Waals surface area contributed by atoms with Gasteiger partial charge in [-0.05, 0) is 138 Å². The molecule has 6 bridgehead atoms. The van der Waals surface area contributed by atoms with Crippen LogP contribution in [0.15, 0.2) is 0 Å². The van der Waals surface area contributed by atoms with Crippen molar-refractivity contribution < 1.29 is 49.0 Å². The zero-order valence-corrected chi connectivity index (χ0v) is 36.3. The highest BCUT2D eigenvalue weighted by Gasteiger charge is 2.69. The highest BCUT2D eigenvalue weighted by Crippen LogP contribution is 2.69. The van der Waals surface area contributed by atoms with Gasteiger partial charge in [-0.3, -0.25) is 14.4 Å². The van der Waals surface area contributed by atoms with E-state index in [-0.39, 0.29) is 78.3 Å². The Hall–Kier alpha value is -1.75. The van der Waals surface area contributed by atoms with E-state index in [1.54, 1.807) is 6.92 Å². The lowest BCUT2D eigenvalue weighted by Gasteiger charge is -2.68. The summed E-state index contributed by atoms with van der Waals surface area (Å²) in [6.45, 7) is 19.7. The van der Waals surface area contributed by atoms with E-state index in [0.29, 0.717) is 83.5 Å². The van der Waals surface area contributed by atoms with E-state index in [1.165, 1.54) is 0 Å². The summed E-state index contributed by atoms with van der Waals surface area (Å²) in [7, 11) is 0. The molecule has 15 unspecified atom stereocenters. The Morgan fingerprint density at radius 1 is 0.625 bits per heavy atom. The number of aliphatic hydroxyl groups is 4. The average Bonchev–Trinajstić information content (AvgIpc) is 3.03. The average molecular weight is 789 g/mol. The first kappa shape index (κ1) is 43.8. The molecule has 6 aliphatic carbocycles. The second-order valence-corrected chi connectivity index (χ2v) is 22.2. The number of esters is 3. The van der Waals surface area contributed by atoms with Crippen LogP contribution in [0.25, 0.3) is 0 Å². The highest BCUT2D eigenvalue weighted by molar-refractivity contribution is 5.76. The topological polar surface area (TPSA) is 160 Å². The van der Waals surface area contributed by atoms with Crippen molar-refractivity contribution in [3.05, 3.63) is 0 Å². The molecule has 0 aromatic carbocycles. The minimum absolute atomic E-state index is 0.0561. The Kier molecular flexibility index (Phi) is 11.8. The summed E-state index contributed by atoms with van der Waals surface area (Å²) in [4.78, 5) is 39.2. The van der Waals surface area contributed by atoms with Crippen molar-refractivity contribution in [1.29, 1.82) is 0 Å². The molecule has 0 aromatic heterocycles. The van der Waals surface area contributed by atoms with Gasteiger partial charge in [0, 0.05) is 25.7 Å². The molecule has 0 saturated heterocycles. The third-order valence-corrected chi connectivity index (χ3v) is 16.4. The van der Waals surface area contributed by atoms with Crippen molar-refractivity contribution in [2.24, 2.45) is 57.7 Å². The summed E-state index contributed by atoms with van der Waals surface area (Å²) >= 11 is 0. The van der Waals surface area contributed by atoms with E-state index in [1.807, 2.05) is 48.5 Å². The Labute approximate surface area is 336 Å². The van der Waals surface area contributed by atoms with Gasteiger partial charge in [-0.25, -0.2) is 0 Å².